The number of nitrogens with one attached hydrogen (secondary N) is 2. The van der Waals surface area contributed by atoms with Crippen LogP contribution < -0.4 is 14.8 Å². The first-order chi connectivity index (χ1) is 14.8. The van der Waals surface area contributed by atoms with E-state index in [1.807, 2.05) is 6.92 Å². The molecule has 0 aliphatic rings. The molecular formula is C21H19N3O6S. The van der Waals surface area contributed by atoms with E-state index in [-0.39, 0.29) is 16.1 Å². The van der Waals surface area contributed by atoms with E-state index in [1.54, 1.807) is 24.3 Å². The number of carbonyl (C=O) groups excluding carboxylic acids is 1. The van der Waals surface area contributed by atoms with Gasteiger partial charge in [0.25, 0.3) is 21.6 Å². The summed E-state index contributed by atoms with van der Waals surface area (Å²) in [4.78, 5) is 22.6. The number of amides is 1. The van der Waals surface area contributed by atoms with Crippen LogP contribution >= 0.6 is 0 Å². The fourth-order valence-corrected chi connectivity index (χ4v) is 3.74. The molecule has 160 valence electrons. The lowest BCUT2D eigenvalue weighted by molar-refractivity contribution is -0.384. The Balaban J connectivity index is 1.69. The molecule has 0 spiro atoms. The van der Waals surface area contributed by atoms with Gasteiger partial charge in [0.05, 0.1) is 16.4 Å². The van der Waals surface area contributed by atoms with Gasteiger partial charge in [0, 0.05) is 29.1 Å². The maximum absolute atomic E-state index is 12.6. The molecule has 0 unspecified atom stereocenters. The van der Waals surface area contributed by atoms with Crippen molar-refractivity contribution < 1.29 is 22.9 Å². The summed E-state index contributed by atoms with van der Waals surface area (Å²) in [5.41, 5.74) is 0.639. The number of carbonyl (C=O) groups is 1. The van der Waals surface area contributed by atoms with E-state index in [0.29, 0.717) is 23.7 Å². The van der Waals surface area contributed by atoms with Crippen molar-refractivity contribution in [3.8, 4) is 5.75 Å². The Labute approximate surface area is 178 Å². The monoisotopic (exact) mass is 441 g/mol. The number of nitrogens with zero attached hydrogens (tertiary/aromatic N) is 1. The molecule has 0 saturated carbocycles. The number of hydrogen-bond donors (Lipinski definition) is 2. The van der Waals surface area contributed by atoms with Gasteiger partial charge in [-0.3, -0.25) is 19.6 Å². The summed E-state index contributed by atoms with van der Waals surface area (Å²) in [6.45, 7) is 2.36. The predicted octanol–water partition coefficient (Wildman–Crippen LogP) is 4.05. The van der Waals surface area contributed by atoms with Gasteiger partial charge in [-0.15, -0.1) is 0 Å². The van der Waals surface area contributed by atoms with Crippen molar-refractivity contribution in [1.29, 1.82) is 0 Å². The lowest BCUT2D eigenvalue weighted by Crippen LogP contribution is -2.14. The van der Waals surface area contributed by atoms with Gasteiger partial charge in [0.2, 0.25) is 0 Å². The zero-order valence-corrected chi connectivity index (χ0v) is 17.3. The zero-order valence-electron chi connectivity index (χ0n) is 16.4. The molecule has 0 fully saturated rings. The second kappa shape index (κ2) is 9.26. The Morgan fingerprint density at radius 1 is 1.00 bits per heavy atom. The van der Waals surface area contributed by atoms with Crippen LogP contribution in [0.2, 0.25) is 0 Å². The number of nitro benzene ring substituents is 1. The quantitative estimate of drug-likeness (QED) is 0.401. The Morgan fingerprint density at radius 3 is 2.26 bits per heavy atom. The first-order valence-corrected chi connectivity index (χ1v) is 10.7. The first kappa shape index (κ1) is 21.8. The van der Waals surface area contributed by atoms with E-state index in [2.05, 4.69) is 10.0 Å². The molecule has 0 aromatic heterocycles. The number of ether oxygens (including phenoxy) is 1. The summed E-state index contributed by atoms with van der Waals surface area (Å²) in [6.07, 6.45) is 0. The second-order valence-electron chi connectivity index (χ2n) is 6.35. The Morgan fingerprint density at radius 2 is 1.65 bits per heavy atom. The van der Waals surface area contributed by atoms with Gasteiger partial charge >= 0.3 is 0 Å². The molecule has 1 amide bonds. The second-order valence-corrected chi connectivity index (χ2v) is 8.03. The van der Waals surface area contributed by atoms with E-state index >= 15 is 0 Å². The minimum atomic E-state index is -3.83. The van der Waals surface area contributed by atoms with E-state index in [4.69, 9.17) is 4.74 Å². The average Bonchev–Trinajstić information content (AvgIpc) is 2.75. The van der Waals surface area contributed by atoms with Crippen molar-refractivity contribution in [3.05, 3.63) is 88.5 Å². The van der Waals surface area contributed by atoms with Crippen molar-refractivity contribution in [2.75, 3.05) is 16.6 Å². The number of sulfonamides is 1. The van der Waals surface area contributed by atoms with Crippen LogP contribution in [0.25, 0.3) is 0 Å². The van der Waals surface area contributed by atoms with Crippen LogP contribution in [-0.2, 0) is 10.0 Å². The Hall–Kier alpha value is -3.92. The summed E-state index contributed by atoms with van der Waals surface area (Å²) < 4.78 is 32.9. The van der Waals surface area contributed by atoms with Crippen molar-refractivity contribution in [1.82, 2.24) is 0 Å². The minimum absolute atomic E-state index is 0.00901. The third-order valence-corrected chi connectivity index (χ3v) is 5.56. The standard InChI is InChI=1S/C21H19N3O6S/c1-2-30-19-10-6-17(7-11-19)23-31(28,29)20-12-8-16(9-13-20)22-21(25)15-4-3-5-18(14-15)24(26)27/h3-14,23H,2H2,1H3,(H,22,25). The summed E-state index contributed by atoms with van der Waals surface area (Å²) >= 11 is 0. The van der Waals surface area contributed by atoms with Gasteiger partial charge in [0.1, 0.15) is 5.75 Å². The molecule has 0 bridgehead atoms. The van der Waals surface area contributed by atoms with Gasteiger partial charge in [0.15, 0.2) is 0 Å². The van der Waals surface area contributed by atoms with Crippen molar-refractivity contribution in [2.45, 2.75) is 11.8 Å². The predicted molar refractivity (Wildman–Crippen MR) is 116 cm³/mol. The Kier molecular flexibility index (Phi) is 6.51. The third kappa shape index (κ3) is 5.58. The normalized spacial score (nSPS) is 10.9. The maximum atomic E-state index is 12.6. The van der Waals surface area contributed by atoms with Crippen LogP contribution in [0.1, 0.15) is 17.3 Å². The molecule has 0 aliphatic heterocycles. The number of anilines is 2. The van der Waals surface area contributed by atoms with Crippen LogP contribution in [0, 0.1) is 10.1 Å². The highest BCUT2D eigenvalue weighted by molar-refractivity contribution is 7.92. The molecule has 0 saturated heterocycles. The summed E-state index contributed by atoms with van der Waals surface area (Å²) in [5, 5.41) is 13.4. The van der Waals surface area contributed by atoms with E-state index in [0.717, 1.165) is 6.07 Å². The van der Waals surface area contributed by atoms with Gasteiger partial charge in [-0.1, -0.05) is 6.07 Å². The van der Waals surface area contributed by atoms with Gasteiger partial charge < -0.3 is 10.1 Å². The molecule has 0 atom stereocenters. The molecule has 0 radical (unpaired) electrons. The lowest BCUT2D eigenvalue weighted by Gasteiger charge is -2.10. The van der Waals surface area contributed by atoms with Crippen molar-refractivity contribution in [2.24, 2.45) is 0 Å². The number of benzene rings is 3. The number of hydrogen-bond acceptors (Lipinski definition) is 6. The highest BCUT2D eigenvalue weighted by Crippen LogP contribution is 2.21. The molecule has 2 N–H and O–H groups in total. The van der Waals surface area contributed by atoms with Crippen molar-refractivity contribution in [3.63, 3.8) is 0 Å². The maximum Gasteiger partial charge on any atom is 0.270 e. The molecule has 10 heteroatoms. The first-order valence-electron chi connectivity index (χ1n) is 9.20. The van der Waals surface area contributed by atoms with Crippen LogP contribution in [-0.4, -0.2) is 25.9 Å². The molecule has 0 heterocycles. The van der Waals surface area contributed by atoms with Crippen LogP contribution in [0.3, 0.4) is 0 Å². The summed E-state index contributed by atoms with van der Waals surface area (Å²) in [6, 6.07) is 17.4. The van der Waals surface area contributed by atoms with Crippen LogP contribution in [0.4, 0.5) is 17.1 Å². The van der Waals surface area contributed by atoms with Gasteiger partial charge in [-0.25, -0.2) is 8.42 Å². The molecular weight excluding hydrogens is 422 g/mol. The molecule has 9 nitrogen and oxygen atoms in total. The molecule has 3 aromatic carbocycles. The van der Waals surface area contributed by atoms with Gasteiger partial charge in [-0.2, -0.15) is 0 Å². The molecule has 3 rings (SSSR count). The lowest BCUT2D eigenvalue weighted by atomic mass is 10.2. The topological polar surface area (TPSA) is 128 Å². The van der Waals surface area contributed by atoms with Gasteiger partial charge in [-0.05, 0) is 61.5 Å². The zero-order chi connectivity index (χ0) is 22.4. The highest BCUT2D eigenvalue weighted by atomic mass is 32.2. The number of non-ortho nitro benzene ring substituents is 1. The van der Waals surface area contributed by atoms with Crippen LogP contribution in [0.5, 0.6) is 5.75 Å². The number of rotatable bonds is 8. The van der Waals surface area contributed by atoms with Crippen LogP contribution in [0.15, 0.2) is 77.7 Å². The van der Waals surface area contributed by atoms with E-state index < -0.39 is 20.9 Å². The Bertz CT molecular complexity index is 1190. The minimum Gasteiger partial charge on any atom is -0.494 e. The fourth-order valence-electron chi connectivity index (χ4n) is 2.68. The summed E-state index contributed by atoms with van der Waals surface area (Å²) in [7, 11) is -3.83. The molecule has 3 aromatic rings. The largest absolute Gasteiger partial charge is 0.494 e. The van der Waals surface area contributed by atoms with E-state index in [1.165, 1.54) is 42.5 Å². The number of nitro groups is 1. The molecule has 0 aliphatic carbocycles. The van der Waals surface area contributed by atoms with Crippen molar-refractivity contribution >= 4 is 33.0 Å². The van der Waals surface area contributed by atoms with E-state index in [9.17, 15) is 23.3 Å². The molecule has 31 heavy (non-hydrogen) atoms. The summed E-state index contributed by atoms with van der Waals surface area (Å²) in [5.74, 6) is 0.0844. The smallest absolute Gasteiger partial charge is 0.270 e. The SMILES string of the molecule is CCOc1ccc(NS(=O)(=O)c2ccc(NC(=O)c3cccc([N+](=O)[O-])c3)cc2)cc1. The average molecular weight is 441 g/mol. The third-order valence-electron chi connectivity index (χ3n) is 4.16. The fraction of sp³-hybridized carbons (Fsp3) is 0.0952. The highest BCUT2D eigenvalue weighted by Gasteiger charge is 2.15.